The van der Waals surface area contributed by atoms with Gasteiger partial charge in [-0.2, -0.15) is 0 Å². The molecule has 1 amide bonds. The predicted octanol–water partition coefficient (Wildman–Crippen LogP) is 3.65. The van der Waals surface area contributed by atoms with Crippen molar-refractivity contribution in [2.24, 2.45) is 0 Å². The van der Waals surface area contributed by atoms with Crippen LogP contribution in [0.15, 0.2) is 47.6 Å². The maximum absolute atomic E-state index is 13.3. The van der Waals surface area contributed by atoms with E-state index in [1.165, 1.54) is 11.8 Å². The summed E-state index contributed by atoms with van der Waals surface area (Å²) in [6.07, 6.45) is 0. The highest BCUT2D eigenvalue weighted by Gasteiger charge is 2.38. The van der Waals surface area contributed by atoms with Crippen molar-refractivity contribution in [3.8, 4) is 11.5 Å². The van der Waals surface area contributed by atoms with E-state index in [9.17, 15) is 4.79 Å². The number of aryl methyl sites for hydroxylation is 1. The summed E-state index contributed by atoms with van der Waals surface area (Å²) in [5, 5.41) is 11.8. The molecule has 8 nitrogen and oxygen atoms in total. The Hall–Kier alpha value is -2.91. The molecule has 3 aromatic rings. The van der Waals surface area contributed by atoms with Crippen LogP contribution in [0.2, 0.25) is 5.02 Å². The molecule has 1 aliphatic heterocycles. The second-order valence-electron chi connectivity index (χ2n) is 6.59. The molecule has 10 heteroatoms. The van der Waals surface area contributed by atoms with E-state index in [-0.39, 0.29) is 11.9 Å². The van der Waals surface area contributed by atoms with Gasteiger partial charge >= 0.3 is 0 Å². The summed E-state index contributed by atoms with van der Waals surface area (Å²) in [5.41, 5.74) is 4.79. The zero-order chi connectivity index (χ0) is 21.3. The van der Waals surface area contributed by atoms with Gasteiger partial charge in [0.25, 0.3) is 0 Å². The van der Waals surface area contributed by atoms with Gasteiger partial charge in [-0.25, -0.2) is 4.68 Å². The fourth-order valence-corrected chi connectivity index (χ4v) is 4.63. The molecule has 2 aromatic carbocycles. The molecule has 0 spiro atoms. The van der Waals surface area contributed by atoms with E-state index in [4.69, 9.17) is 21.1 Å². The number of aromatic nitrogens is 3. The van der Waals surface area contributed by atoms with Crippen LogP contribution in [-0.4, -0.2) is 40.3 Å². The molecule has 30 heavy (non-hydrogen) atoms. The number of carbonyl (C=O) groups excluding carboxylic acids is 1. The minimum atomic E-state index is -0.532. The Kier molecular flexibility index (Phi) is 5.74. The normalized spacial score (nSPS) is 17.6. The van der Waals surface area contributed by atoms with Crippen molar-refractivity contribution in [3.63, 3.8) is 0 Å². The molecule has 0 saturated heterocycles. The lowest BCUT2D eigenvalue weighted by molar-refractivity contribution is -0.116. The summed E-state index contributed by atoms with van der Waals surface area (Å²) in [6.45, 7) is 1.84. The number of nitrogens with one attached hydrogen (secondary N) is 2. The third kappa shape index (κ3) is 3.78. The summed E-state index contributed by atoms with van der Waals surface area (Å²) in [7, 11) is 3.13. The molecule has 0 radical (unpaired) electrons. The Bertz CT molecular complexity index is 1090. The van der Waals surface area contributed by atoms with Gasteiger partial charge in [0.05, 0.1) is 31.0 Å². The summed E-state index contributed by atoms with van der Waals surface area (Å²) in [6, 6.07) is 12.4. The second-order valence-corrected chi connectivity index (χ2v) is 8.11. The first-order chi connectivity index (χ1) is 14.5. The Labute approximate surface area is 182 Å². The van der Waals surface area contributed by atoms with E-state index in [0.29, 0.717) is 33.2 Å². The van der Waals surface area contributed by atoms with E-state index >= 15 is 0 Å². The standard InChI is InChI=1S/C20H20ClN5O3S/c1-11-23-24-20-26(11)25-17(12-8-9-15(28-2)13(21)10-12)18(30-20)19(27)22-14-6-4-5-7-16(14)29-3/h4-10,17-18,25H,1-3H3,(H,22,27)/t17-,18+/m1/s1. The smallest absolute Gasteiger partial charge is 0.240 e. The highest BCUT2D eigenvalue weighted by atomic mass is 35.5. The summed E-state index contributed by atoms with van der Waals surface area (Å²) in [4.78, 5) is 13.3. The number of fused-ring (bicyclic) bond motifs is 1. The van der Waals surface area contributed by atoms with Gasteiger partial charge in [-0.1, -0.05) is 41.6 Å². The van der Waals surface area contributed by atoms with Gasteiger partial charge in [0.15, 0.2) is 0 Å². The minimum absolute atomic E-state index is 0.194. The highest BCUT2D eigenvalue weighted by molar-refractivity contribution is 8.00. The molecule has 0 saturated carbocycles. The Morgan fingerprint density at radius 3 is 2.67 bits per heavy atom. The number of hydrogen-bond acceptors (Lipinski definition) is 7. The molecule has 1 aromatic heterocycles. The molecule has 4 rings (SSSR count). The van der Waals surface area contributed by atoms with Gasteiger partial charge in [-0.15, -0.1) is 10.2 Å². The number of amides is 1. The fraction of sp³-hybridized carbons (Fsp3) is 0.250. The monoisotopic (exact) mass is 445 g/mol. The number of anilines is 1. The van der Waals surface area contributed by atoms with Crippen molar-refractivity contribution in [3.05, 3.63) is 58.9 Å². The average molecular weight is 446 g/mol. The first-order valence-electron chi connectivity index (χ1n) is 9.14. The maximum Gasteiger partial charge on any atom is 0.240 e. The number of halogens is 1. The third-order valence-corrected chi connectivity index (χ3v) is 6.27. The van der Waals surface area contributed by atoms with Gasteiger partial charge in [0, 0.05) is 0 Å². The van der Waals surface area contributed by atoms with Crippen molar-refractivity contribution in [1.82, 2.24) is 14.9 Å². The van der Waals surface area contributed by atoms with Crippen molar-refractivity contribution in [1.29, 1.82) is 0 Å². The van der Waals surface area contributed by atoms with Crippen LogP contribution in [0.25, 0.3) is 0 Å². The molecule has 1 aliphatic rings. The van der Waals surface area contributed by atoms with Crippen LogP contribution in [0.4, 0.5) is 5.69 Å². The van der Waals surface area contributed by atoms with Gasteiger partial charge < -0.3 is 20.2 Å². The van der Waals surface area contributed by atoms with Crippen molar-refractivity contribution < 1.29 is 14.3 Å². The molecule has 0 fully saturated rings. The number of methoxy groups -OCH3 is 2. The lowest BCUT2D eigenvalue weighted by Gasteiger charge is -2.33. The van der Waals surface area contributed by atoms with Crippen LogP contribution >= 0.6 is 23.4 Å². The molecule has 2 atom stereocenters. The molecule has 156 valence electrons. The number of nitrogens with zero attached hydrogens (tertiary/aromatic N) is 3. The number of carbonyl (C=O) groups is 1. The topological polar surface area (TPSA) is 90.3 Å². The Morgan fingerprint density at radius 2 is 1.93 bits per heavy atom. The molecular weight excluding hydrogens is 426 g/mol. The zero-order valence-electron chi connectivity index (χ0n) is 16.5. The van der Waals surface area contributed by atoms with E-state index in [2.05, 4.69) is 20.9 Å². The zero-order valence-corrected chi connectivity index (χ0v) is 18.1. The van der Waals surface area contributed by atoms with Crippen LogP contribution < -0.4 is 20.2 Å². The summed E-state index contributed by atoms with van der Waals surface area (Å²) in [5.74, 6) is 1.66. The second kappa shape index (κ2) is 8.45. The van der Waals surface area contributed by atoms with Gasteiger partial charge in [0.2, 0.25) is 11.1 Å². The number of hydrogen-bond donors (Lipinski definition) is 2. The number of para-hydroxylation sites is 2. The van der Waals surface area contributed by atoms with Crippen molar-refractivity contribution in [2.45, 2.75) is 23.4 Å². The van der Waals surface area contributed by atoms with Crippen molar-refractivity contribution in [2.75, 3.05) is 25.0 Å². The SMILES string of the molecule is COc1ccc([C@H]2Nn3c(C)nnc3S[C@@H]2C(=O)Nc2ccccc2OC)cc1Cl. The number of ether oxygens (including phenoxy) is 2. The number of benzene rings is 2. The van der Waals surface area contributed by atoms with Gasteiger partial charge in [0.1, 0.15) is 22.6 Å². The fourth-order valence-electron chi connectivity index (χ4n) is 3.24. The average Bonchev–Trinajstić information content (AvgIpc) is 3.13. The van der Waals surface area contributed by atoms with Crippen LogP contribution in [0.5, 0.6) is 11.5 Å². The molecular formula is C20H20ClN5O3S. The van der Waals surface area contributed by atoms with Crippen LogP contribution in [-0.2, 0) is 4.79 Å². The molecule has 0 unspecified atom stereocenters. The van der Waals surface area contributed by atoms with E-state index in [0.717, 1.165) is 5.56 Å². The first-order valence-corrected chi connectivity index (χ1v) is 10.4. The first kappa shape index (κ1) is 20.4. The minimum Gasteiger partial charge on any atom is -0.495 e. The summed E-state index contributed by atoms with van der Waals surface area (Å²) >= 11 is 7.68. The molecule has 0 aliphatic carbocycles. The Balaban J connectivity index is 1.69. The molecule has 0 bridgehead atoms. The van der Waals surface area contributed by atoms with E-state index in [1.54, 1.807) is 43.2 Å². The van der Waals surface area contributed by atoms with Crippen LogP contribution in [0.3, 0.4) is 0 Å². The lowest BCUT2D eigenvalue weighted by atomic mass is 10.0. The van der Waals surface area contributed by atoms with Crippen LogP contribution in [0.1, 0.15) is 17.4 Å². The quantitative estimate of drug-likeness (QED) is 0.619. The van der Waals surface area contributed by atoms with Gasteiger partial charge in [-0.05, 0) is 36.8 Å². The van der Waals surface area contributed by atoms with Gasteiger partial charge in [-0.3, -0.25) is 4.79 Å². The lowest BCUT2D eigenvalue weighted by Crippen LogP contribution is -2.41. The number of rotatable bonds is 5. The highest BCUT2D eigenvalue weighted by Crippen LogP contribution is 2.39. The molecule has 2 N–H and O–H groups in total. The van der Waals surface area contributed by atoms with E-state index < -0.39 is 5.25 Å². The predicted molar refractivity (Wildman–Crippen MR) is 116 cm³/mol. The molecule has 2 heterocycles. The van der Waals surface area contributed by atoms with E-state index in [1.807, 2.05) is 25.1 Å². The van der Waals surface area contributed by atoms with Crippen LogP contribution in [0, 0.1) is 6.92 Å². The maximum atomic E-state index is 13.3. The van der Waals surface area contributed by atoms with Crippen molar-refractivity contribution >= 4 is 35.0 Å². The summed E-state index contributed by atoms with van der Waals surface area (Å²) < 4.78 is 12.4. The number of thioether (sulfide) groups is 1. The Morgan fingerprint density at radius 1 is 1.17 bits per heavy atom. The third-order valence-electron chi connectivity index (χ3n) is 4.76. The largest absolute Gasteiger partial charge is 0.495 e.